The number of hydrogen-bond donors (Lipinski definition) is 2. The highest BCUT2D eigenvalue weighted by Crippen LogP contribution is 2.13. The largest absolute Gasteiger partial charge is 0.489 e. The van der Waals surface area contributed by atoms with Gasteiger partial charge < -0.3 is 20.3 Å². The van der Waals surface area contributed by atoms with Crippen LogP contribution in [-0.4, -0.2) is 81.8 Å². The van der Waals surface area contributed by atoms with Gasteiger partial charge in [-0.2, -0.15) is 0 Å². The van der Waals surface area contributed by atoms with E-state index in [2.05, 4.69) is 39.5 Å². The van der Waals surface area contributed by atoms with Crippen LogP contribution >= 0.6 is 0 Å². The van der Waals surface area contributed by atoms with Gasteiger partial charge in [-0.15, -0.1) is 0 Å². The van der Waals surface area contributed by atoms with Crippen LogP contribution in [0.15, 0.2) is 29.3 Å². The highest BCUT2D eigenvalue weighted by Gasteiger charge is 2.22. The minimum Gasteiger partial charge on any atom is -0.489 e. The van der Waals surface area contributed by atoms with Crippen molar-refractivity contribution in [2.45, 2.75) is 19.1 Å². The van der Waals surface area contributed by atoms with Crippen molar-refractivity contribution in [2.24, 2.45) is 4.99 Å². The van der Waals surface area contributed by atoms with Crippen molar-refractivity contribution in [3.63, 3.8) is 0 Å². The fraction of sp³-hybridized carbons (Fsp3) is 0.611. The summed E-state index contributed by atoms with van der Waals surface area (Å²) in [6, 6.07) is 6.64. The van der Waals surface area contributed by atoms with Gasteiger partial charge in [0.1, 0.15) is 17.7 Å². The molecule has 0 amide bonds. The molecule has 0 radical (unpaired) electrons. The third kappa shape index (κ3) is 6.51. The number of likely N-dealkylation sites (N-methyl/N-ethyl adjacent to an activating group) is 2. The van der Waals surface area contributed by atoms with Gasteiger partial charge in [0.05, 0.1) is 6.54 Å². The zero-order valence-electron chi connectivity index (χ0n) is 15.6. The van der Waals surface area contributed by atoms with Crippen LogP contribution in [0, 0.1) is 5.82 Å². The molecule has 2 atom stereocenters. The van der Waals surface area contributed by atoms with Gasteiger partial charge in [-0.25, -0.2) is 4.39 Å². The predicted octanol–water partition coefficient (Wildman–Crippen LogP) is 1.00. The summed E-state index contributed by atoms with van der Waals surface area (Å²) in [7, 11) is 6.06. The quantitative estimate of drug-likeness (QED) is 0.592. The number of hydrogen-bond acceptors (Lipinski definition) is 4. The third-order valence-corrected chi connectivity index (χ3v) is 4.40. The molecular weight excluding hydrogens is 321 g/mol. The molecule has 140 valence electrons. The Morgan fingerprint density at radius 2 is 2.16 bits per heavy atom. The van der Waals surface area contributed by atoms with Gasteiger partial charge in [0.2, 0.25) is 0 Å². The lowest BCUT2D eigenvalue weighted by atomic mass is 10.2. The van der Waals surface area contributed by atoms with Crippen molar-refractivity contribution in [3.05, 3.63) is 30.1 Å². The van der Waals surface area contributed by atoms with Gasteiger partial charge in [-0.05, 0) is 33.2 Å². The minimum absolute atomic E-state index is 0.108. The molecule has 6 nitrogen and oxygen atoms in total. The van der Waals surface area contributed by atoms with Crippen molar-refractivity contribution >= 4 is 5.96 Å². The first-order valence-corrected chi connectivity index (χ1v) is 8.73. The molecule has 1 saturated heterocycles. The Hall–Kier alpha value is -1.86. The van der Waals surface area contributed by atoms with Crippen molar-refractivity contribution < 1.29 is 9.13 Å². The Balaban J connectivity index is 1.74. The smallest absolute Gasteiger partial charge is 0.191 e. The Kier molecular flexibility index (Phi) is 7.46. The van der Waals surface area contributed by atoms with Crippen LogP contribution in [0.4, 0.5) is 4.39 Å². The van der Waals surface area contributed by atoms with Crippen LogP contribution in [0.5, 0.6) is 5.75 Å². The maximum absolute atomic E-state index is 13.2. The van der Waals surface area contributed by atoms with Crippen molar-refractivity contribution in [1.29, 1.82) is 0 Å². The van der Waals surface area contributed by atoms with Gasteiger partial charge in [-0.1, -0.05) is 6.07 Å². The molecule has 0 aliphatic carbocycles. The molecule has 25 heavy (non-hydrogen) atoms. The average molecular weight is 351 g/mol. The summed E-state index contributed by atoms with van der Waals surface area (Å²) in [6.07, 6.45) is -0.108. The first kappa shape index (κ1) is 19.5. The lowest BCUT2D eigenvalue weighted by Gasteiger charge is -2.38. The SMILES string of the molecule is CN=C(NCC(C)Oc1cccc(F)c1)NCC1CN(C)CCN1C. The maximum Gasteiger partial charge on any atom is 0.191 e. The van der Waals surface area contributed by atoms with Crippen LogP contribution in [0.1, 0.15) is 6.92 Å². The molecule has 1 aliphatic rings. The van der Waals surface area contributed by atoms with Crippen molar-refractivity contribution in [2.75, 3.05) is 53.9 Å². The number of guanidine groups is 1. The van der Waals surface area contributed by atoms with E-state index >= 15 is 0 Å². The molecule has 7 heteroatoms. The monoisotopic (exact) mass is 351 g/mol. The molecule has 2 unspecified atom stereocenters. The molecule has 1 aromatic rings. The average Bonchev–Trinajstić information content (AvgIpc) is 2.58. The minimum atomic E-state index is -0.295. The highest BCUT2D eigenvalue weighted by atomic mass is 19.1. The molecule has 1 aliphatic heterocycles. The third-order valence-electron chi connectivity index (χ3n) is 4.40. The normalized spacial score (nSPS) is 21.0. The molecule has 0 aromatic heterocycles. The number of ether oxygens (including phenoxy) is 1. The summed E-state index contributed by atoms with van der Waals surface area (Å²) < 4.78 is 18.9. The molecule has 2 N–H and O–H groups in total. The van der Waals surface area contributed by atoms with Gasteiger partial charge in [-0.3, -0.25) is 9.89 Å². The first-order valence-electron chi connectivity index (χ1n) is 8.73. The fourth-order valence-electron chi connectivity index (χ4n) is 2.81. The Bertz CT molecular complexity index is 568. The number of aliphatic imine (C=N–C) groups is 1. The lowest BCUT2D eigenvalue weighted by molar-refractivity contribution is 0.116. The van der Waals surface area contributed by atoms with Crippen LogP contribution in [0.2, 0.25) is 0 Å². The van der Waals surface area contributed by atoms with Crippen LogP contribution in [0.25, 0.3) is 0 Å². The maximum atomic E-state index is 13.2. The number of benzene rings is 1. The van der Waals surface area contributed by atoms with Crippen LogP contribution in [0.3, 0.4) is 0 Å². The summed E-state index contributed by atoms with van der Waals surface area (Å²) in [4.78, 5) is 8.97. The van der Waals surface area contributed by atoms with E-state index < -0.39 is 0 Å². The van der Waals surface area contributed by atoms with Crippen LogP contribution in [-0.2, 0) is 0 Å². The second-order valence-electron chi connectivity index (χ2n) is 6.62. The van der Waals surface area contributed by atoms with E-state index in [0.717, 1.165) is 32.1 Å². The number of nitrogens with one attached hydrogen (secondary N) is 2. The van der Waals surface area contributed by atoms with Gasteiger partial charge in [0.25, 0.3) is 0 Å². The summed E-state index contributed by atoms with van der Waals surface area (Å²) in [5, 5.41) is 6.63. The standard InChI is InChI=1S/C18H30FN5O/c1-14(25-17-7-5-6-15(19)10-17)11-21-18(20-2)22-12-16-13-23(3)8-9-24(16)4/h5-7,10,14,16H,8-9,11-13H2,1-4H3,(H2,20,21,22). The zero-order chi connectivity index (χ0) is 18.2. The molecule has 0 spiro atoms. The Morgan fingerprint density at radius 3 is 2.88 bits per heavy atom. The number of rotatable bonds is 6. The topological polar surface area (TPSA) is 52.1 Å². The van der Waals surface area contributed by atoms with E-state index in [1.807, 2.05) is 6.92 Å². The Morgan fingerprint density at radius 1 is 1.36 bits per heavy atom. The second-order valence-corrected chi connectivity index (χ2v) is 6.62. The van der Waals surface area contributed by atoms with Crippen molar-refractivity contribution in [1.82, 2.24) is 20.4 Å². The fourth-order valence-corrected chi connectivity index (χ4v) is 2.81. The Labute approximate surface area is 150 Å². The van der Waals surface area contributed by atoms with E-state index in [9.17, 15) is 4.39 Å². The van der Waals surface area contributed by atoms with Crippen LogP contribution < -0.4 is 15.4 Å². The van der Waals surface area contributed by atoms with Gasteiger partial charge >= 0.3 is 0 Å². The first-order chi connectivity index (χ1) is 12.0. The molecule has 1 aromatic carbocycles. The van der Waals surface area contributed by atoms with E-state index in [1.165, 1.54) is 12.1 Å². The number of nitrogens with zero attached hydrogens (tertiary/aromatic N) is 3. The van der Waals surface area contributed by atoms with E-state index in [0.29, 0.717) is 18.3 Å². The van der Waals surface area contributed by atoms with E-state index in [-0.39, 0.29) is 11.9 Å². The zero-order valence-corrected chi connectivity index (χ0v) is 15.6. The summed E-state index contributed by atoms with van der Waals surface area (Å²) in [5.41, 5.74) is 0. The summed E-state index contributed by atoms with van der Waals surface area (Å²) in [6.45, 7) is 6.58. The molecule has 1 fully saturated rings. The molecule has 0 bridgehead atoms. The molecule has 2 rings (SSSR count). The predicted molar refractivity (Wildman–Crippen MR) is 99.8 cm³/mol. The van der Waals surface area contributed by atoms with Gasteiger partial charge in [0.15, 0.2) is 5.96 Å². The highest BCUT2D eigenvalue weighted by molar-refractivity contribution is 5.79. The lowest BCUT2D eigenvalue weighted by Crippen LogP contribution is -2.55. The summed E-state index contributed by atoms with van der Waals surface area (Å²) >= 11 is 0. The second kappa shape index (κ2) is 9.58. The number of piperazine rings is 1. The number of halogens is 1. The summed E-state index contributed by atoms with van der Waals surface area (Å²) in [5.74, 6) is 0.983. The molecule has 0 saturated carbocycles. The van der Waals surface area contributed by atoms with E-state index in [4.69, 9.17) is 4.74 Å². The van der Waals surface area contributed by atoms with Crippen molar-refractivity contribution in [3.8, 4) is 5.75 Å². The van der Waals surface area contributed by atoms with Gasteiger partial charge in [0, 0.05) is 45.3 Å². The molecular formula is C18H30FN5O. The molecule has 1 heterocycles. The van der Waals surface area contributed by atoms with E-state index in [1.54, 1.807) is 19.2 Å².